The van der Waals surface area contributed by atoms with Gasteiger partial charge in [0.2, 0.25) is 0 Å². The van der Waals surface area contributed by atoms with E-state index < -0.39 is 0 Å². The Morgan fingerprint density at radius 1 is 1.08 bits per heavy atom. The van der Waals surface area contributed by atoms with Gasteiger partial charge >= 0.3 is 0 Å². The molecule has 0 saturated heterocycles. The molecule has 1 saturated carbocycles. The maximum absolute atomic E-state index is 5.96. The van der Waals surface area contributed by atoms with E-state index in [0.29, 0.717) is 12.0 Å². The van der Waals surface area contributed by atoms with Crippen LogP contribution in [0.1, 0.15) is 37.2 Å². The molecular formula is C12H17N. The Hall–Kier alpha value is -0.820. The van der Waals surface area contributed by atoms with E-state index in [2.05, 4.69) is 30.3 Å². The molecule has 2 atom stereocenters. The van der Waals surface area contributed by atoms with Gasteiger partial charge in [0.1, 0.15) is 0 Å². The summed E-state index contributed by atoms with van der Waals surface area (Å²) in [6.07, 6.45) is 4.99. The second kappa shape index (κ2) is 3.93. The summed E-state index contributed by atoms with van der Waals surface area (Å²) in [5.74, 6) is 0.713. The van der Waals surface area contributed by atoms with E-state index in [1.165, 1.54) is 31.2 Å². The predicted molar refractivity (Wildman–Crippen MR) is 55.6 cm³/mol. The highest BCUT2D eigenvalue weighted by Gasteiger charge is 2.19. The van der Waals surface area contributed by atoms with Crippen molar-refractivity contribution >= 4 is 0 Å². The number of benzene rings is 1. The molecule has 2 N–H and O–H groups in total. The molecular weight excluding hydrogens is 158 g/mol. The van der Waals surface area contributed by atoms with Crippen LogP contribution in [0.25, 0.3) is 0 Å². The zero-order chi connectivity index (χ0) is 9.10. The summed E-state index contributed by atoms with van der Waals surface area (Å²) < 4.78 is 0. The zero-order valence-corrected chi connectivity index (χ0v) is 7.95. The third-order valence-corrected chi connectivity index (χ3v) is 2.99. The van der Waals surface area contributed by atoms with Gasteiger partial charge in [0, 0.05) is 6.04 Å². The lowest BCUT2D eigenvalue weighted by Crippen LogP contribution is -2.26. The molecule has 1 aliphatic rings. The van der Waals surface area contributed by atoms with Crippen molar-refractivity contribution in [3.05, 3.63) is 35.9 Å². The van der Waals surface area contributed by atoms with Crippen LogP contribution in [0.2, 0.25) is 0 Å². The fourth-order valence-corrected chi connectivity index (χ4v) is 2.26. The summed E-state index contributed by atoms with van der Waals surface area (Å²) in [4.78, 5) is 0. The SMILES string of the molecule is N[C@H]1CCC[C@H](c2ccccc2)C1. The molecule has 1 fully saturated rings. The van der Waals surface area contributed by atoms with Crippen LogP contribution in [-0.2, 0) is 0 Å². The molecule has 0 heterocycles. The fraction of sp³-hybridized carbons (Fsp3) is 0.500. The quantitative estimate of drug-likeness (QED) is 0.697. The van der Waals surface area contributed by atoms with Crippen molar-refractivity contribution in [3.8, 4) is 0 Å². The third kappa shape index (κ3) is 2.10. The second-order valence-corrected chi connectivity index (χ2v) is 4.03. The van der Waals surface area contributed by atoms with Crippen molar-refractivity contribution in [3.63, 3.8) is 0 Å². The third-order valence-electron chi connectivity index (χ3n) is 2.99. The minimum absolute atomic E-state index is 0.430. The van der Waals surface area contributed by atoms with Crippen LogP contribution >= 0.6 is 0 Å². The van der Waals surface area contributed by atoms with Crippen molar-refractivity contribution in [1.29, 1.82) is 0 Å². The standard InChI is InChI=1S/C12H17N/c13-12-8-4-7-11(9-12)10-5-2-1-3-6-10/h1-3,5-6,11-12H,4,7-9,13H2/t11-,12-/m0/s1. The molecule has 1 heteroatoms. The maximum Gasteiger partial charge on any atom is 0.00446 e. The van der Waals surface area contributed by atoms with Crippen molar-refractivity contribution in [2.45, 2.75) is 37.6 Å². The molecule has 0 bridgehead atoms. The van der Waals surface area contributed by atoms with Crippen LogP contribution in [0.5, 0.6) is 0 Å². The van der Waals surface area contributed by atoms with E-state index in [1.807, 2.05) is 0 Å². The zero-order valence-electron chi connectivity index (χ0n) is 7.95. The minimum atomic E-state index is 0.430. The Bertz CT molecular complexity index is 255. The molecule has 0 unspecified atom stereocenters. The van der Waals surface area contributed by atoms with Crippen LogP contribution in [0, 0.1) is 0 Å². The van der Waals surface area contributed by atoms with E-state index in [0.717, 1.165) is 0 Å². The average molecular weight is 175 g/mol. The Morgan fingerprint density at radius 3 is 2.54 bits per heavy atom. The normalized spacial score (nSPS) is 28.7. The maximum atomic E-state index is 5.96. The second-order valence-electron chi connectivity index (χ2n) is 4.03. The predicted octanol–water partition coefficient (Wildman–Crippen LogP) is 2.67. The van der Waals surface area contributed by atoms with Crippen LogP contribution in [0.15, 0.2) is 30.3 Å². The first-order valence-electron chi connectivity index (χ1n) is 5.17. The summed E-state index contributed by atoms with van der Waals surface area (Å²) in [5.41, 5.74) is 7.43. The highest BCUT2D eigenvalue weighted by molar-refractivity contribution is 5.20. The highest BCUT2D eigenvalue weighted by Crippen LogP contribution is 2.31. The molecule has 2 rings (SSSR count). The Morgan fingerprint density at radius 2 is 1.85 bits per heavy atom. The first-order valence-corrected chi connectivity index (χ1v) is 5.17. The molecule has 1 aromatic rings. The molecule has 0 aromatic heterocycles. The van der Waals surface area contributed by atoms with Gasteiger partial charge in [-0.2, -0.15) is 0 Å². The van der Waals surface area contributed by atoms with Crippen LogP contribution in [0.3, 0.4) is 0 Å². The Balaban J connectivity index is 2.08. The number of nitrogens with two attached hydrogens (primary N) is 1. The molecule has 13 heavy (non-hydrogen) atoms. The molecule has 1 aromatic carbocycles. The number of hydrogen-bond donors (Lipinski definition) is 1. The largest absolute Gasteiger partial charge is 0.328 e. The minimum Gasteiger partial charge on any atom is -0.328 e. The first-order chi connectivity index (χ1) is 6.36. The van der Waals surface area contributed by atoms with Gasteiger partial charge in [-0.25, -0.2) is 0 Å². The molecule has 0 amide bonds. The smallest absolute Gasteiger partial charge is 0.00446 e. The van der Waals surface area contributed by atoms with Gasteiger partial charge in [-0.1, -0.05) is 36.8 Å². The van der Waals surface area contributed by atoms with Crippen molar-refractivity contribution in [2.75, 3.05) is 0 Å². The number of rotatable bonds is 1. The fourth-order valence-electron chi connectivity index (χ4n) is 2.26. The van der Waals surface area contributed by atoms with E-state index in [-0.39, 0.29) is 0 Å². The monoisotopic (exact) mass is 175 g/mol. The van der Waals surface area contributed by atoms with E-state index >= 15 is 0 Å². The summed E-state index contributed by atoms with van der Waals surface area (Å²) in [7, 11) is 0. The van der Waals surface area contributed by atoms with Gasteiger partial charge in [-0.15, -0.1) is 0 Å². The Kier molecular flexibility index (Phi) is 2.65. The van der Waals surface area contributed by atoms with Crippen molar-refractivity contribution in [2.24, 2.45) is 5.73 Å². The van der Waals surface area contributed by atoms with Crippen LogP contribution in [-0.4, -0.2) is 6.04 Å². The van der Waals surface area contributed by atoms with Gasteiger partial charge in [0.25, 0.3) is 0 Å². The van der Waals surface area contributed by atoms with Crippen molar-refractivity contribution in [1.82, 2.24) is 0 Å². The van der Waals surface area contributed by atoms with Gasteiger partial charge < -0.3 is 5.73 Å². The summed E-state index contributed by atoms with van der Waals surface area (Å²) in [5, 5.41) is 0. The molecule has 0 aliphatic heterocycles. The molecule has 0 radical (unpaired) electrons. The lowest BCUT2D eigenvalue weighted by molar-refractivity contribution is 0.393. The molecule has 0 spiro atoms. The molecule has 1 nitrogen and oxygen atoms in total. The first kappa shape index (κ1) is 8.76. The van der Waals surface area contributed by atoms with Gasteiger partial charge in [-0.05, 0) is 30.7 Å². The van der Waals surface area contributed by atoms with Gasteiger partial charge in [-0.3, -0.25) is 0 Å². The highest BCUT2D eigenvalue weighted by atomic mass is 14.6. The van der Waals surface area contributed by atoms with Crippen molar-refractivity contribution < 1.29 is 0 Å². The van der Waals surface area contributed by atoms with Gasteiger partial charge in [0.05, 0.1) is 0 Å². The van der Waals surface area contributed by atoms with Gasteiger partial charge in [0.15, 0.2) is 0 Å². The van der Waals surface area contributed by atoms with E-state index in [1.54, 1.807) is 0 Å². The van der Waals surface area contributed by atoms with Crippen LogP contribution < -0.4 is 5.73 Å². The summed E-state index contributed by atoms with van der Waals surface area (Å²) >= 11 is 0. The lowest BCUT2D eigenvalue weighted by Gasteiger charge is -2.26. The molecule has 1 aliphatic carbocycles. The summed E-state index contributed by atoms with van der Waals surface area (Å²) in [6.45, 7) is 0. The summed E-state index contributed by atoms with van der Waals surface area (Å²) in [6, 6.07) is 11.2. The van der Waals surface area contributed by atoms with E-state index in [4.69, 9.17) is 5.73 Å². The lowest BCUT2D eigenvalue weighted by atomic mass is 9.82. The van der Waals surface area contributed by atoms with Crippen LogP contribution in [0.4, 0.5) is 0 Å². The number of hydrogen-bond acceptors (Lipinski definition) is 1. The topological polar surface area (TPSA) is 26.0 Å². The molecule has 70 valence electrons. The average Bonchev–Trinajstić information content (AvgIpc) is 2.19. The van der Waals surface area contributed by atoms with E-state index in [9.17, 15) is 0 Å². The Labute approximate surface area is 80.0 Å².